The third-order valence-electron chi connectivity index (χ3n) is 6.76. The Morgan fingerprint density at radius 1 is 1.12 bits per heavy atom. The van der Waals surface area contributed by atoms with Gasteiger partial charge < -0.3 is 14.8 Å². The molecule has 0 spiro atoms. The maximum Gasteiger partial charge on any atom is 0.142 e. The molecule has 33 heavy (non-hydrogen) atoms. The average molecular weight is 465 g/mol. The number of nitrogens with zero attached hydrogens (tertiary/aromatic N) is 5. The summed E-state index contributed by atoms with van der Waals surface area (Å²) in [6.45, 7) is 8.78. The van der Waals surface area contributed by atoms with Crippen LogP contribution in [0, 0.1) is 0 Å². The number of thiophene rings is 1. The Kier molecular flexibility index (Phi) is 5.71. The van der Waals surface area contributed by atoms with Crippen LogP contribution < -0.4 is 10.1 Å². The quantitative estimate of drug-likeness (QED) is 0.601. The number of methoxy groups -OCH3 is 1. The molecule has 0 aliphatic carbocycles. The summed E-state index contributed by atoms with van der Waals surface area (Å²) in [6, 6.07) is 4.17. The molecule has 8 nitrogen and oxygen atoms in total. The molecule has 1 saturated heterocycles. The second-order valence-electron chi connectivity index (χ2n) is 8.73. The summed E-state index contributed by atoms with van der Waals surface area (Å²) >= 11 is 1.80. The van der Waals surface area contributed by atoms with E-state index in [1.165, 1.54) is 16.0 Å². The third-order valence-corrected chi connectivity index (χ3v) is 7.88. The van der Waals surface area contributed by atoms with Crippen LogP contribution in [0.4, 0.5) is 11.5 Å². The fraction of sp³-hybridized carbons (Fsp3) is 0.458. The van der Waals surface area contributed by atoms with Crippen LogP contribution in [-0.4, -0.2) is 79.0 Å². The van der Waals surface area contributed by atoms with Crippen molar-refractivity contribution in [2.45, 2.75) is 19.5 Å². The van der Waals surface area contributed by atoms with Crippen LogP contribution in [0.2, 0.25) is 0 Å². The highest BCUT2D eigenvalue weighted by molar-refractivity contribution is 7.19. The van der Waals surface area contributed by atoms with Gasteiger partial charge >= 0.3 is 0 Å². The number of morpholine rings is 1. The molecule has 3 aliphatic rings. The molecule has 0 radical (unpaired) electrons. The van der Waals surface area contributed by atoms with Crippen LogP contribution in [0.3, 0.4) is 0 Å². The number of nitrogens with one attached hydrogen (secondary N) is 1. The van der Waals surface area contributed by atoms with E-state index in [-0.39, 0.29) is 0 Å². The van der Waals surface area contributed by atoms with Crippen molar-refractivity contribution in [3.63, 3.8) is 0 Å². The standard InChI is InChI=1S/C24H28N6O2S/c1-31-20-11-17-13-25-12-16(17)10-19(20)28-23-22-18-2-3-30(5-4-29-6-8-32-9-7-29)14-21(18)33-24(22)27-15-26-23/h10-12,15H,2-9,13-14H2,1H3,(H,26,27,28). The molecular weight excluding hydrogens is 436 g/mol. The number of aliphatic imine (C=N–C) groups is 1. The lowest BCUT2D eigenvalue weighted by Crippen LogP contribution is -2.42. The first-order valence-corrected chi connectivity index (χ1v) is 12.4. The summed E-state index contributed by atoms with van der Waals surface area (Å²) in [4.78, 5) is 21.2. The smallest absolute Gasteiger partial charge is 0.142 e. The summed E-state index contributed by atoms with van der Waals surface area (Å²) in [5.74, 6) is 1.66. The van der Waals surface area contributed by atoms with Gasteiger partial charge in [0, 0.05) is 50.4 Å². The molecule has 0 unspecified atom stereocenters. The highest BCUT2D eigenvalue weighted by Crippen LogP contribution is 2.39. The summed E-state index contributed by atoms with van der Waals surface area (Å²) in [5, 5.41) is 4.70. The van der Waals surface area contributed by atoms with Gasteiger partial charge in [0.25, 0.3) is 0 Å². The van der Waals surface area contributed by atoms with Crippen LogP contribution in [-0.2, 0) is 24.2 Å². The minimum absolute atomic E-state index is 0.712. The van der Waals surface area contributed by atoms with Crippen molar-refractivity contribution < 1.29 is 9.47 Å². The SMILES string of the molecule is COc1cc2c(cc1Nc1ncnc3sc4c(c13)CCN(CCN1CCOCC1)C4)C=NC2. The van der Waals surface area contributed by atoms with Gasteiger partial charge in [-0.05, 0) is 35.2 Å². The first-order valence-electron chi connectivity index (χ1n) is 11.5. The van der Waals surface area contributed by atoms with Crippen molar-refractivity contribution >= 4 is 39.3 Å². The molecule has 172 valence electrons. The topological polar surface area (TPSA) is 75.1 Å². The largest absolute Gasteiger partial charge is 0.495 e. The van der Waals surface area contributed by atoms with E-state index in [4.69, 9.17) is 9.47 Å². The van der Waals surface area contributed by atoms with Gasteiger partial charge in [0.2, 0.25) is 0 Å². The predicted octanol–water partition coefficient (Wildman–Crippen LogP) is 3.07. The van der Waals surface area contributed by atoms with E-state index in [0.29, 0.717) is 6.54 Å². The number of ether oxygens (including phenoxy) is 2. The molecule has 6 rings (SSSR count). The summed E-state index contributed by atoms with van der Waals surface area (Å²) in [6.07, 6.45) is 4.60. The number of anilines is 2. The Labute approximate surface area is 197 Å². The minimum Gasteiger partial charge on any atom is -0.495 e. The maximum atomic E-state index is 5.66. The number of benzene rings is 1. The van der Waals surface area contributed by atoms with Crippen molar-refractivity contribution in [1.82, 2.24) is 19.8 Å². The Morgan fingerprint density at radius 2 is 2.00 bits per heavy atom. The first kappa shape index (κ1) is 21.0. The van der Waals surface area contributed by atoms with Crippen molar-refractivity contribution in [3.05, 3.63) is 40.0 Å². The number of rotatable bonds is 6. The molecule has 1 aromatic carbocycles. The maximum absolute atomic E-state index is 5.66. The average Bonchev–Trinajstić information content (AvgIpc) is 3.46. The van der Waals surface area contributed by atoms with Crippen molar-refractivity contribution in [2.75, 3.05) is 58.4 Å². The Balaban J connectivity index is 1.24. The van der Waals surface area contributed by atoms with Gasteiger partial charge in [0.15, 0.2) is 0 Å². The summed E-state index contributed by atoms with van der Waals surface area (Å²) < 4.78 is 11.1. The highest BCUT2D eigenvalue weighted by atomic mass is 32.1. The van der Waals surface area contributed by atoms with Crippen molar-refractivity contribution in [3.8, 4) is 5.75 Å². The lowest BCUT2D eigenvalue weighted by atomic mass is 10.0. The molecule has 0 saturated carbocycles. The zero-order valence-electron chi connectivity index (χ0n) is 18.8. The second kappa shape index (κ2) is 8.98. The van der Waals surface area contributed by atoms with Crippen LogP contribution in [0.1, 0.15) is 21.6 Å². The van der Waals surface area contributed by atoms with E-state index in [1.54, 1.807) is 24.8 Å². The first-order chi connectivity index (χ1) is 16.3. The zero-order chi connectivity index (χ0) is 22.2. The molecule has 3 aliphatic heterocycles. The number of hydrogen-bond acceptors (Lipinski definition) is 9. The molecule has 9 heteroatoms. The number of fused-ring (bicyclic) bond motifs is 4. The summed E-state index contributed by atoms with van der Waals surface area (Å²) in [5.41, 5.74) is 4.62. The fourth-order valence-corrected chi connectivity index (χ4v) is 6.14. The van der Waals surface area contributed by atoms with Crippen LogP contribution >= 0.6 is 11.3 Å². The molecule has 0 atom stereocenters. The number of aromatic nitrogens is 2. The highest BCUT2D eigenvalue weighted by Gasteiger charge is 2.25. The minimum atomic E-state index is 0.712. The van der Waals surface area contributed by atoms with Gasteiger partial charge in [-0.25, -0.2) is 9.97 Å². The van der Waals surface area contributed by atoms with E-state index >= 15 is 0 Å². The van der Waals surface area contributed by atoms with E-state index in [9.17, 15) is 0 Å². The monoisotopic (exact) mass is 464 g/mol. The molecule has 1 fully saturated rings. The molecule has 3 aromatic rings. The normalized spacial score (nSPS) is 18.5. The Bertz CT molecular complexity index is 1200. The molecule has 0 amide bonds. The zero-order valence-corrected chi connectivity index (χ0v) is 19.7. The predicted molar refractivity (Wildman–Crippen MR) is 131 cm³/mol. The second-order valence-corrected chi connectivity index (χ2v) is 9.82. The van der Waals surface area contributed by atoms with Crippen molar-refractivity contribution in [2.24, 2.45) is 4.99 Å². The van der Waals surface area contributed by atoms with E-state index < -0.39 is 0 Å². The molecular formula is C24H28N6O2S. The molecule has 0 bridgehead atoms. The summed E-state index contributed by atoms with van der Waals surface area (Å²) in [7, 11) is 1.70. The van der Waals surface area contributed by atoms with Crippen LogP contribution in [0.15, 0.2) is 23.5 Å². The Morgan fingerprint density at radius 3 is 2.88 bits per heavy atom. The molecule has 2 aromatic heterocycles. The van der Waals surface area contributed by atoms with E-state index in [0.717, 1.165) is 91.9 Å². The van der Waals surface area contributed by atoms with Gasteiger partial charge in [0.1, 0.15) is 22.7 Å². The van der Waals surface area contributed by atoms with Gasteiger partial charge in [-0.3, -0.25) is 14.8 Å². The molecule has 5 heterocycles. The fourth-order valence-electron chi connectivity index (χ4n) is 4.91. The van der Waals surface area contributed by atoms with Gasteiger partial charge in [-0.2, -0.15) is 0 Å². The third kappa shape index (κ3) is 4.10. The lowest BCUT2D eigenvalue weighted by Gasteiger charge is -2.31. The van der Waals surface area contributed by atoms with Gasteiger partial charge in [-0.15, -0.1) is 11.3 Å². The van der Waals surface area contributed by atoms with Crippen molar-refractivity contribution in [1.29, 1.82) is 0 Å². The van der Waals surface area contributed by atoms with Gasteiger partial charge in [0.05, 0.1) is 37.9 Å². The van der Waals surface area contributed by atoms with E-state index in [1.807, 2.05) is 6.21 Å². The van der Waals surface area contributed by atoms with Crippen LogP contribution in [0.5, 0.6) is 5.75 Å². The van der Waals surface area contributed by atoms with Crippen LogP contribution in [0.25, 0.3) is 10.2 Å². The van der Waals surface area contributed by atoms with E-state index in [2.05, 4.69) is 42.2 Å². The lowest BCUT2D eigenvalue weighted by molar-refractivity contribution is 0.0327. The Hall–Kier alpha value is -2.59. The number of hydrogen-bond donors (Lipinski definition) is 1. The molecule has 1 N–H and O–H groups in total. The van der Waals surface area contributed by atoms with Gasteiger partial charge in [-0.1, -0.05) is 0 Å².